The van der Waals surface area contributed by atoms with E-state index in [1.165, 1.54) is 18.5 Å². The average molecular weight is 354 g/mol. The Bertz CT molecular complexity index is 896. The van der Waals surface area contributed by atoms with E-state index in [1.807, 2.05) is 30.3 Å². The summed E-state index contributed by atoms with van der Waals surface area (Å²) in [6, 6.07) is 11.1. The summed E-state index contributed by atoms with van der Waals surface area (Å²) in [6.45, 7) is 3.10. The molecule has 2 bridgehead atoms. The van der Waals surface area contributed by atoms with Crippen molar-refractivity contribution in [2.45, 2.75) is 31.5 Å². The van der Waals surface area contributed by atoms with Crippen molar-refractivity contribution in [1.29, 1.82) is 0 Å². The van der Waals surface area contributed by atoms with Gasteiger partial charge < -0.3 is 5.32 Å². The van der Waals surface area contributed by atoms with Crippen molar-refractivity contribution in [3.05, 3.63) is 53.4 Å². The fraction of sp³-hybridized carbons (Fsp3) is 0.368. The van der Waals surface area contributed by atoms with Crippen LogP contribution in [0.15, 0.2) is 42.7 Å². The Hall–Kier alpha value is -1.95. The first-order valence-corrected chi connectivity index (χ1v) is 9.21. The molecule has 0 aliphatic carbocycles. The molecule has 1 aromatic carbocycles. The molecule has 0 radical (unpaired) electrons. The number of piperazine rings is 1. The Labute approximate surface area is 151 Å². The highest BCUT2D eigenvalue weighted by molar-refractivity contribution is 6.30. The van der Waals surface area contributed by atoms with Crippen molar-refractivity contribution in [1.82, 2.24) is 24.6 Å². The van der Waals surface area contributed by atoms with Crippen LogP contribution in [0.3, 0.4) is 0 Å². The normalized spacial score (nSPS) is 23.4. The molecule has 3 aliphatic heterocycles. The highest BCUT2D eigenvalue weighted by Crippen LogP contribution is 2.29. The standard InChI is InChI=1S/C19H20ClN5/c20-14-4-2-13(3-5-14)18-17(25-9-1-8-21-19(25)23-18)12-24-11-15-6-7-16(24)10-22-15/h1-5,8-9,15-16,22H,6-7,10-12H2. The fourth-order valence-corrected chi connectivity index (χ4v) is 4.24. The third-order valence-corrected chi connectivity index (χ3v) is 5.69. The summed E-state index contributed by atoms with van der Waals surface area (Å²) < 4.78 is 2.12. The van der Waals surface area contributed by atoms with Crippen LogP contribution >= 0.6 is 11.6 Å². The van der Waals surface area contributed by atoms with Gasteiger partial charge in [0, 0.05) is 54.7 Å². The van der Waals surface area contributed by atoms with E-state index < -0.39 is 0 Å². The van der Waals surface area contributed by atoms with Crippen molar-refractivity contribution in [3.8, 4) is 11.3 Å². The molecule has 0 amide bonds. The molecule has 3 fully saturated rings. The summed E-state index contributed by atoms with van der Waals surface area (Å²) in [6.07, 6.45) is 6.43. The second-order valence-electron chi connectivity index (χ2n) is 6.97. The van der Waals surface area contributed by atoms with E-state index in [-0.39, 0.29) is 0 Å². The van der Waals surface area contributed by atoms with Gasteiger partial charge in [-0.15, -0.1) is 0 Å². The zero-order chi connectivity index (χ0) is 16.8. The number of halogens is 1. The molecule has 3 aliphatic rings. The molecule has 25 heavy (non-hydrogen) atoms. The van der Waals surface area contributed by atoms with E-state index in [9.17, 15) is 0 Å². The Morgan fingerprint density at radius 2 is 2.08 bits per heavy atom. The van der Waals surface area contributed by atoms with E-state index in [4.69, 9.17) is 16.6 Å². The van der Waals surface area contributed by atoms with Gasteiger partial charge in [0.1, 0.15) is 0 Å². The van der Waals surface area contributed by atoms with Gasteiger partial charge in [-0.2, -0.15) is 0 Å². The predicted molar refractivity (Wildman–Crippen MR) is 98.7 cm³/mol. The molecule has 2 atom stereocenters. The van der Waals surface area contributed by atoms with Crippen LogP contribution in [0.2, 0.25) is 5.02 Å². The first-order chi connectivity index (χ1) is 12.3. The maximum Gasteiger partial charge on any atom is 0.234 e. The number of piperidine rings is 2. The Balaban J connectivity index is 1.58. The summed E-state index contributed by atoms with van der Waals surface area (Å²) in [5.41, 5.74) is 3.30. The molecule has 0 spiro atoms. The minimum atomic E-state index is 0.616. The van der Waals surface area contributed by atoms with Gasteiger partial charge in [0.15, 0.2) is 0 Å². The SMILES string of the molecule is Clc1ccc(-c2nc3ncccn3c2CN2CC3CCC2CN3)cc1. The van der Waals surface area contributed by atoms with Gasteiger partial charge in [0.05, 0.1) is 11.4 Å². The van der Waals surface area contributed by atoms with Crippen LogP contribution in [0.4, 0.5) is 0 Å². The Morgan fingerprint density at radius 3 is 2.80 bits per heavy atom. The number of nitrogens with zero attached hydrogens (tertiary/aromatic N) is 4. The zero-order valence-corrected chi connectivity index (χ0v) is 14.7. The first-order valence-electron chi connectivity index (χ1n) is 8.83. The molecular weight excluding hydrogens is 334 g/mol. The second kappa shape index (κ2) is 6.09. The maximum atomic E-state index is 6.06. The van der Waals surface area contributed by atoms with Gasteiger partial charge in [0.25, 0.3) is 0 Å². The molecule has 3 saturated heterocycles. The van der Waals surface area contributed by atoms with Crippen LogP contribution < -0.4 is 5.32 Å². The van der Waals surface area contributed by atoms with Gasteiger partial charge in [-0.05, 0) is 31.0 Å². The topological polar surface area (TPSA) is 45.5 Å². The highest BCUT2D eigenvalue weighted by Gasteiger charge is 2.34. The minimum absolute atomic E-state index is 0.616. The van der Waals surface area contributed by atoms with E-state index in [2.05, 4.69) is 25.8 Å². The Kier molecular flexibility index (Phi) is 3.73. The lowest BCUT2D eigenvalue weighted by Gasteiger charge is -2.46. The monoisotopic (exact) mass is 353 g/mol. The number of benzene rings is 1. The smallest absolute Gasteiger partial charge is 0.234 e. The summed E-state index contributed by atoms with van der Waals surface area (Å²) >= 11 is 6.06. The lowest BCUT2D eigenvalue weighted by atomic mass is 9.93. The van der Waals surface area contributed by atoms with Crippen molar-refractivity contribution in [2.24, 2.45) is 0 Å². The van der Waals surface area contributed by atoms with Crippen molar-refractivity contribution in [2.75, 3.05) is 13.1 Å². The molecule has 5 heterocycles. The number of rotatable bonds is 3. The summed E-state index contributed by atoms with van der Waals surface area (Å²) in [7, 11) is 0. The van der Waals surface area contributed by atoms with Crippen LogP contribution in [0, 0.1) is 0 Å². The lowest BCUT2D eigenvalue weighted by molar-refractivity contribution is 0.0674. The van der Waals surface area contributed by atoms with Gasteiger partial charge in [0.2, 0.25) is 5.78 Å². The maximum absolute atomic E-state index is 6.06. The third kappa shape index (κ3) is 2.72. The number of fused-ring (bicyclic) bond motifs is 4. The zero-order valence-electron chi connectivity index (χ0n) is 13.9. The van der Waals surface area contributed by atoms with Gasteiger partial charge in [-0.3, -0.25) is 9.30 Å². The van der Waals surface area contributed by atoms with E-state index >= 15 is 0 Å². The van der Waals surface area contributed by atoms with E-state index in [1.54, 1.807) is 6.20 Å². The molecule has 2 aromatic heterocycles. The largest absolute Gasteiger partial charge is 0.311 e. The number of hydrogen-bond donors (Lipinski definition) is 1. The number of nitrogens with one attached hydrogen (secondary N) is 1. The third-order valence-electron chi connectivity index (χ3n) is 5.43. The molecule has 6 heteroatoms. The molecule has 128 valence electrons. The molecule has 1 N–H and O–H groups in total. The molecule has 2 unspecified atom stereocenters. The molecule has 0 saturated carbocycles. The number of aromatic nitrogens is 3. The summed E-state index contributed by atoms with van der Waals surface area (Å²) in [4.78, 5) is 11.8. The van der Waals surface area contributed by atoms with E-state index in [0.29, 0.717) is 12.1 Å². The van der Waals surface area contributed by atoms with Crippen LogP contribution in [0.25, 0.3) is 17.0 Å². The molecule has 5 nitrogen and oxygen atoms in total. The van der Waals surface area contributed by atoms with Crippen molar-refractivity contribution < 1.29 is 0 Å². The minimum Gasteiger partial charge on any atom is -0.311 e. The van der Waals surface area contributed by atoms with Crippen LogP contribution in [0.5, 0.6) is 0 Å². The number of imidazole rings is 1. The second-order valence-corrected chi connectivity index (χ2v) is 7.41. The lowest BCUT2D eigenvalue weighted by Crippen LogP contribution is -2.60. The molecule has 3 aromatic rings. The van der Waals surface area contributed by atoms with Crippen molar-refractivity contribution >= 4 is 17.4 Å². The van der Waals surface area contributed by atoms with Crippen LogP contribution in [0.1, 0.15) is 18.5 Å². The average Bonchev–Trinajstić information content (AvgIpc) is 3.02. The quantitative estimate of drug-likeness (QED) is 0.786. The van der Waals surface area contributed by atoms with Crippen molar-refractivity contribution in [3.63, 3.8) is 0 Å². The van der Waals surface area contributed by atoms with Crippen LogP contribution in [-0.4, -0.2) is 44.4 Å². The Morgan fingerprint density at radius 1 is 1.20 bits per heavy atom. The number of hydrogen-bond acceptors (Lipinski definition) is 4. The molecular formula is C19H20ClN5. The van der Waals surface area contributed by atoms with Gasteiger partial charge >= 0.3 is 0 Å². The molecule has 6 rings (SSSR count). The van der Waals surface area contributed by atoms with Gasteiger partial charge in [-0.25, -0.2) is 9.97 Å². The highest BCUT2D eigenvalue weighted by atomic mass is 35.5. The first kappa shape index (κ1) is 15.3. The van der Waals surface area contributed by atoms with E-state index in [0.717, 1.165) is 41.7 Å². The fourth-order valence-electron chi connectivity index (χ4n) is 4.11. The summed E-state index contributed by atoms with van der Waals surface area (Å²) in [5.74, 6) is 0.753. The summed E-state index contributed by atoms with van der Waals surface area (Å²) in [5, 5.41) is 4.37. The van der Waals surface area contributed by atoms with Gasteiger partial charge in [-0.1, -0.05) is 23.7 Å². The predicted octanol–water partition coefficient (Wildman–Crippen LogP) is 2.99. The van der Waals surface area contributed by atoms with Crippen LogP contribution in [-0.2, 0) is 6.54 Å².